The van der Waals surface area contributed by atoms with Gasteiger partial charge in [0.05, 0.1) is 0 Å². The standard InChI is InChI=1S/C10H18N4/c1-14-8-7-13-10(14)12-6-4-9-3-2-5-11-9/h7-9,11H,2-6H2,1H3,(H,12,13). The van der Waals surface area contributed by atoms with Gasteiger partial charge in [-0.05, 0) is 25.8 Å². The predicted octanol–water partition coefficient (Wildman–Crippen LogP) is 0.974. The van der Waals surface area contributed by atoms with Gasteiger partial charge < -0.3 is 15.2 Å². The van der Waals surface area contributed by atoms with Gasteiger partial charge in [0, 0.05) is 32.0 Å². The summed E-state index contributed by atoms with van der Waals surface area (Å²) in [6.45, 7) is 2.19. The zero-order chi connectivity index (χ0) is 9.80. The van der Waals surface area contributed by atoms with Gasteiger partial charge in [-0.25, -0.2) is 4.98 Å². The molecule has 0 aromatic carbocycles. The van der Waals surface area contributed by atoms with Gasteiger partial charge >= 0.3 is 0 Å². The summed E-state index contributed by atoms with van der Waals surface area (Å²) in [7, 11) is 2.00. The Balaban J connectivity index is 1.70. The van der Waals surface area contributed by atoms with Crippen LogP contribution in [0.15, 0.2) is 12.4 Å². The summed E-state index contributed by atoms with van der Waals surface area (Å²) in [4.78, 5) is 4.21. The number of aryl methyl sites for hydroxylation is 1. The summed E-state index contributed by atoms with van der Waals surface area (Å²) >= 11 is 0. The van der Waals surface area contributed by atoms with Gasteiger partial charge in [-0.2, -0.15) is 0 Å². The SMILES string of the molecule is Cn1ccnc1NCCC1CCCN1. The highest BCUT2D eigenvalue weighted by molar-refractivity contribution is 5.24. The van der Waals surface area contributed by atoms with Crippen LogP contribution >= 0.6 is 0 Å². The lowest BCUT2D eigenvalue weighted by Gasteiger charge is -2.10. The van der Waals surface area contributed by atoms with Crippen molar-refractivity contribution in [1.29, 1.82) is 0 Å². The van der Waals surface area contributed by atoms with Gasteiger partial charge in [-0.3, -0.25) is 0 Å². The molecule has 0 spiro atoms. The highest BCUT2D eigenvalue weighted by Gasteiger charge is 2.12. The third-order valence-electron chi connectivity index (χ3n) is 2.76. The van der Waals surface area contributed by atoms with Crippen LogP contribution in [0.5, 0.6) is 0 Å². The van der Waals surface area contributed by atoms with E-state index in [2.05, 4.69) is 15.6 Å². The molecule has 2 N–H and O–H groups in total. The van der Waals surface area contributed by atoms with Crippen LogP contribution in [0.1, 0.15) is 19.3 Å². The lowest BCUT2D eigenvalue weighted by Crippen LogP contribution is -2.24. The number of imidazole rings is 1. The summed E-state index contributed by atoms with van der Waals surface area (Å²) < 4.78 is 2.00. The van der Waals surface area contributed by atoms with Crippen LogP contribution in [-0.4, -0.2) is 28.7 Å². The molecule has 1 atom stereocenters. The van der Waals surface area contributed by atoms with Crippen LogP contribution in [0.25, 0.3) is 0 Å². The first kappa shape index (κ1) is 9.52. The predicted molar refractivity (Wildman–Crippen MR) is 57.3 cm³/mol. The maximum absolute atomic E-state index is 4.21. The van der Waals surface area contributed by atoms with E-state index < -0.39 is 0 Å². The molecule has 0 amide bonds. The highest BCUT2D eigenvalue weighted by Crippen LogP contribution is 2.09. The molecule has 0 bridgehead atoms. The van der Waals surface area contributed by atoms with E-state index in [0.717, 1.165) is 12.5 Å². The minimum absolute atomic E-state index is 0.711. The lowest BCUT2D eigenvalue weighted by atomic mass is 10.1. The van der Waals surface area contributed by atoms with Crippen molar-refractivity contribution < 1.29 is 0 Å². The second-order valence-corrected chi connectivity index (χ2v) is 3.87. The summed E-state index contributed by atoms with van der Waals surface area (Å²) in [6, 6.07) is 0.711. The monoisotopic (exact) mass is 194 g/mol. The molecule has 1 aliphatic rings. The van der Waals surface area contributed by atoms with Crippen LogP contribution < -0.4 is 10.6 Å². The molecule has 1 aromatic rings. The molecule has 1 fully saturated rings. The molecule has 0 saturated carbocycles. The van der Waals surface area contributed by atoms with Crippen LogP contribution in [0.3, 0.4) is 0 Å². The van der Waals surface area contributed by atoms with E-state index in [0.29, 0.717) is 6.04 Å². The Bertz CT molecular complexity index is 275. The van der Waals surface area contributed by atoms with E-state index in [1.807, 2.05) is 24.0 Å². The van der Waals surface area contributed by atoms with E-state index >= 15 is 0 Å². The molecule has 1 aromatic heterocycles. The number of aromatic nitrogens is 2. The number of nitrogens with one attached hydrogen (secondary N) is 2. The molecular formula is C10H18N4. The Morgan fingerprint density at radius 3 is 3.29 bits per heavy atom. The van der Waals surface area contributed by atoms with Gasteiger partial charge in [-0.15, -0.1) is 0 Å². The van der Waals surface area contributed by atoms with Crippen molar-refractivity contribution >= 4 is 5.95 Å². The Morgan fingerprint density at radius 2 is 2.64 bits per heavy atom. The lowest BCUT2D eigenvalue weighted by molar-refractivity contribution is 0.573. The molecule has 2 heterocycles. The summed E-state index contributed by atoms with van der Waals surface area (Å²) in [5.41, 5.74) is 0. The molecular weight excluding hydrogens is 176 g/mol. The first-order valence-corrected chi connectivity index (χ1v) is 5.31. The van der Waals surface area contributed by atoms with Gasteiger partial charge in [0.2, 0.25) is 5.95 Å². The molecule has 78 valence electrons. The van der Waals surface area contributed by atoms with E-state index in [9.17, 15) is 0 Å². The van der Waals surface area contributed by atoms with Crippen molar-refractivity contribution in [3.8, 4) is 0 Å². The van der Waals surface area contributed by atoms with E-state index in [4.69, 9.17) is 0 Å². The van der Waals surface area contributed by atoms with Crippen molar-refractivity contribution in [2.24, 2.45) is 7.05 Å². The molecule has 0 aliphatic carbocycles. The van der Waals surface area contributed by atoms with Crippen LogP contribution in [0, 0.1) is 0 Å². The Hall–Kier alpha value is -1.03. The van der Waals surface area contributed by atoms with Crippen molar-refractivity contribution in [1.82, 2.24) is 14.9 Å². The largest absolute Gasteiger partial charge is 0.356 e. The molecule has 1 aliphatic heterocycles. The summed E-state index contributed by atoms with van der Waals surface area (Å²) in [6.07, 6.45) is 7.61. The maximum atomic E-state index is 4.21. The topological polar surface area (TPSA) is 41.9 Å². The second-order valence-electron chi connectivity index (χ2n) is 3.87. The Kier molecular flexibility index (Phi) is 3.03. The fourth-order valence-corrected chi connectivity index (χ4v) is 1.90. The van der Waals surface area contributed by atoms with Crippen LogP contribution in [-0.2, 0) is 7.05 Å². The van der Waals surface area contributed by atoms with Crippen LogP contribution in [0.4, 0.5) is 5.95 Å². The summed E-state index contributed by atoms with van der Waals surface area (Å²) in [5.74, 6) is 0.961. The Labute approximate surface area is 84.7 Å². The fraction of sp³-hybridized carbons (Fsp3) is 0.700. The first-order chi connectivity index (χ1) is 6.86. The first-order valence-electron chi connectivity index (χ1n) is 5.31. The van der Waals surface area contributed by atoms with Crippen molar-refractivity contribution in [2.75, 3.05) is 18.4 Å². The molecule has 4 nitrogen and oxygen atoms in total. The maximum Gasteiger partial charge on any atom is 0.202 e. The molecule has 2 rings (SSSR count). The minimum Gasteiger partial charge on any atom is -0.356 e. The van der Waals surface area contributed by atoms with Gasteiger partial charge in [0.15, 0.2) is 0 Å². The quantitative estimate of drug-likeness (QED) is 0.750. The van der Waals surface area contributed by atoms with Crippen LogP contribution in [0.2, 0.25) is 0 Å². The fourth-order valence-electron chi connectivity index (χ4n) is 1.90. The molecule has 4 heteroatoms. The smallest absolute Gasteiger partial charge is 0.202 e. The molecule has 14 heavy (non-hydrogen) atoms. The zero-order valence-electron chi connectivity index (χ0n) is 8.66. The third-order valence-corrected chi connectivity index (χ3v) is 2.76. The number of anilines is 1. The normalized spacial score (nSPS) is 21.4. The van der Waals surface area contributed by atoms with Gasteiger partial charge in [0.25, 0.3) is 0 Å². The van der Waals surface area contributed by atoms with E-state index in [1.54, 1.807) is 0 Å². The minimum atomic E-state index is 0.711. The second kappa shape index (κ2) is 4.46. The molecule has 1 unspecified atom stereocenters. The van der Waals surface area contributed by atoms with Crippen molar-refractivity contribution in [3.63, 3.8) is 0 Å². The average Bonchev–Trinajstić information content (AvgIpc) is 2.78. The van der Waals surface area contributed by atoms with E-state index in [1.165, 1.54) is 25.8 Å². The van der Waals surface area contributed by atoms with Crippen molar-refractivity contribution in [3.05, 3.63) is 12.4 Å². The third kappa shape index (κ3) is 2.26. The Morgan fingerprint density at radius 1 is 1.71 bits per heavy atom. The van der Waals surface area contributed by atoms with Crippen molar-refractivity contribution in [2.45, 2.75) is 25.3 Å². The number of hydrogen-bond donors (Lipinski definition) is 2. The number of rotatable bonds is 4. The summed E-state index contributed by atoms with van der Waals surface area (Å²) in [5, 5.41) is 6.82. The average molecular weight is 194 g/mol. The van der Waals surface area contributed by atoms with Gasteiger partial charge in [-0.1, -0.05) is 0 Å². The van der Waals surface area contributed by atoms with E-state index in [-0.39, 0.29) is 0 Å². The molecule has 1 saturated heterocycles. The molecule has 0 radical (unpaired) electrons. The van der Waals surface area contributed by atoms with Gasteiger partial charge in [0.1, 0.15) is 0 Å². The zero-order valence-corrected chi connectivity index (χ0v) is 8.66. The highest BCUT2D eigenvalue weighted by atomic mass is 15.2. The number of hydrogen-bond acceptors (Lipinski definition) is 3. The number of nitrogens with zero attached hydrogens (tertiary/aromatic N) is 2.